The van der Waals surface area contributed by atoms with Gasteiger partial charge in [-0.15, -0.1) is 0 Å². The minimum atomic E-state index is -4.40. The Morgan fingerprint density at radius 1 is 1.12 bits per heavy atom. The Balaban J connectivity index is 1.58. The molecule has 1 N–H and O–H groups in total. The molecule has 0 saturated heterocycles. The highest BCUT2D eigenvalue weighted by Gasteiger charge is 2.30. The molecule has 0 bridgehead atoms. The van der Waals surface area contributed by atoms with E-state index in [9.17, 15) is 18.0 Å². The van der Waals surface area contributed by atoms with Gasteiger partial charge in [0.15, 0.2) is 10.8 Å². The van der Waals surface area contributed by atoms with Crippen molar-refractivity contribution in [3.05, 3.63) is 83.0 Å². The fourth-order valence-corrected chi connectivity index (χ4v) is 4.65. The summed E-state index contributed by atoms with van der Waals surface area (Å²) < 4.78 is 40.9. The summed E-state index contributed by atoms with van der Waals surface area (Å²) in [5, 5.41) is 3.52. The smallest absolute Gasteiger partial charge is 0.324 e. The van der Waals surface area contributed by atoms with E-state index in [-0.39, 0.29) is 18.2 Å². The number of nitrogens with one attached hydrogen (secondary N) is 1. The van der Waals surface area contributed by atoms with Gasteiger partial charge >= 0.3 is 6.18 Å². The Kier molecular flexibility index (Phi) is 6.92. The molecule has 176 valence electrons. The van der Waals surface area contributed by atoms with Crippen LogP contribution in [0.4, 0.5) is 18.9 Å². The lowest BCUT2D eigenvalue weighted by Gasteiger charge is -2.14. The van der Waals surface area contributed by atoms with Gasteiger partial charge in [-0.25, -0.2) is 9.97 Å². The number of aromatic nitrogens is 3. The number of aryl methyl sites for hydroxylation is 2. The minimum Gasteiger partial charge on any atom is -0.324 e. The first-order chi connectivity index (χ1) is 16.3. The molecule has 0 fully saturated rings. The summed E-state index contributed by atoms with van der Waals surface area (Å²) in [4.78, 5) is 21.9. The number of amides is 1. The van der Waals surface area contributed by atoms with Crippen LogP contribution >= 0.6 is 11.8 Å². The third-order valence-electron chi connectivity index (χ3n) is 5.40. The number of rotatable bonds is 7. The lowest BCUT2D eigenvalue weighted by molar-refractivity contribution is -0.137. The molecule has 0 aliphatic heterocycles. The zero-order chi connectivity index (χ0) is 24.3. The van der Waals surface area contributed by atoms with Crippen molar-refractivity contribution >= 4 is 34.5 Å². The number of thioether (sulfide) groups is 1. The van der Waals surface area contributed by atoms with Crippen LogP contribution in [-0.4, -0.2) is 20.4 Å². The number of nitrogens with zero attached hydrogens (tertiary/aromatic N) is 3. The standard InChI is InChI=1S/C25H23F3N4OS/c1-3-18-9-4-7-16(2)22(18)31-21(33)14-32-23-20(11-6-12-29-23)30-24(32)34-15-17-8-5-10-19(13-17)25(26,27)28/h4-13H,3,14-15H2,1-2H3,(H,31,33). The monoisotopic (exact) mass is 484 g/mol. The van der Waals surface area contributed by atoms with Crippen LogP contribution in [0, 0.1) is 6.92 Å². The van der Waals surface area contributed by atoms with E-state index in [1.54, 1.807) is 29.0 Å². The van der Waals surface area contributed by atoms with Crippen LogP contribution in [0.25, 0.3) is 11.2 Å². The Labute approximate surface area is 199 Å². The Morgan fingerprint density at radius 3 is 2.68 bits per heavy atom. The molecule has 1 amide bonds. The van der Waals surface area contributed by atoms with Gasteiger partial charge in [0.05, 0.1) is 5.56 Å². The zero-order valence-electron chi connectivity index (χ0n) is 18.7. The van der Waals surface area contributed by atoms with E-state index >= 15 is 0 Å². The molecule has 0 spiro atoms. The van der Waals surface area contributed by atoms with Gasteiger partial charge in [-0.2, -0.15) is 13.2 Å². The van der Waals surface area contributed by atoms with E-state index in [2.05, 4.69) is 15.3 Å². The average molecular weight is 485 g/mol. The summed E-state index contributed by atoms with van der Waals surface area (Å²) in [5.41, 5.74) is 3.80. The zero-order valence-corrected chi connectivity index (χ0v) is 19.5. The number of pyridine rings is 1. The fraction of sp³-hybridized carbons (Fsp3) is 0.240. The van der Waals surface area contributed by atoms with Crippen molar-refractivity contribution in [2.45, 2.75) is 43.9 Å². The highest BCUT2D eigenvalue weighted by Crippen LogP contribution is 2.32. The van der Waals surface area contributed by atoms with Gasteiger partial charge in [-0.1, -0.05) is 55.1 Å². The third-order valence-corrected chi connectivity index (χ3v) is 6.44. The summed E-state index contributed by atoms with van der Waals surface area (Å²) in [7, 11) is 0. The van der Waals surface area contributed by atoms with Gasteiger partial charge in [0.1, 0.15) is 12.1 Å². The number of carbonyl (C=O) groups is 1. The van der Waals surface area contributed by atoms with E-state index in [0.29, 0.717) is 21.9 Å². The molecule has 0 radical (unpaired) electrons. The molecule has 2 aromatic heterocycles. The Bertz CT molecular complexity index is 1330. The maximum atomic E-state index is 13.1. The second-order valence-electron chi connectivity index (χ2n) is 7.82. The van der Waals surface area contributed by atoms with Crippen molar-refractivity contribution in [3.63, 3.8) is 0 Å². The number of benzene rings is 2. The van der Waals surface area contributed by atoms with Gasteiger partial charge in [0.2, 0.25) is 5.91 Å². The third kappa shape index (κ3) is 5.25. The normalized spacial score (nSPS) is 11.7. The van der Waals surface area contributed by atoms with Crippen LogP contribution in [0.5, 0.6) is 0 Å². The molecule has 0 saturated carbocycles. The van der Waals surface area contributed by atoms with Crippen molar-refractivity contribution < 1.29 is 18.0 Å². The molecule has 2 aromatic carbocycles. The van der Waals surface area contributed by atoms with Gasteiger partial charge in [-0.3, -0.25) is 9.36 Å². The van der Waals surface area contributed by atoms with Crippen LogP contribution in [0.3, 0.4) is 0 Å². The lowest BCUT2D eigenvalue weighted by atomic mass is 10.1. The van der Waals surface area contributed by atoms with E-state index in [4.69, 9.17) is 0 Å². The number of imidazole rings is 1. The molecule has 0 atom stereocenters. The van der Waals surface area contributed by atoms with E-state index in [0.717, 1.165) is 35.4 Å². The van der Waals surface area contributed by atoms with Gasteiger partial charge in [-0.05, 0) is 48.2 Å². The lowest BCUT2D eigenvalue weighted by Crippen LogP contribution is -2.21. The number of alkyl halides is 3. The van der Waals surface area contributed by atoms with Crippen molar-refractivity contribution in [1.82, 2.24) is 14.5 Å². The van der Waals surface area contributed by atoms with Crippen LogP contribution < -0.4 is 5.32 Å². The van der Waals surface area contributed by atoms with Gasteiger partial charge < -0.3 is 5.32 Å². The van der Waals surface area contributed by atoms with E-state index < -0.39 is 11.7 Å². The first-order valence-corrected chi connectivity index (χ1v) is 11.7. The highest BCUT2D eigenvalue weighted by atomic mass is 32.2. The molecular weight excluding hydrogens is 461 g/mol. The molecular formula is C25H23F3N4OS. The quantitative estimate of drug-likeness (QED) is 0.315. The number of hydrogen-bond acceptors (Lipinski definition) is 4. The van der Waals surface area contributed by atoms with Crippen LogP contribution in [0.1, 0.15) is 29.2 Å². The van der Waals surface area contributed by atoms with Crippen molar-refractivity contribution in [2.24, 2.45) is 0 Å². The average Bonchev–Trinajstić information content (AvgIpc) is 3.16. The molecule has 9 heteroatoms. The topological polar surface area (TPSA) is 59.8 Å². The number of halogens is 3. The van der Waals surface area contributed by atoms with Crippen molar-refractivity contribution in [3.8, 4) is 0 Å². The molecule has 34 heavy (non-hydrogen) atoms. The maximum Gasteiger partial charge on any atom is 0.416 e. The number of fused-ring (bicyclic) bond motifs is 1. The summed E-state index contributed by atoms with van der Waals surface area (Å²) >= 11 is 1.27. The molecule has 4 rings (SSSR count). The summed E-state index contributed by atoms with van der Waals surface area (Å²) in [6, 6.07) is 14.6. The summed E-state index contributed by atoms with van der Waals surface area (Å²) in [6.45, 7) is 3.95. The maximum absolute atomic E-state index is 13.1. The highest BCUT2D eigenvalue weighted by molar-refractivity contribution is 7.98. The second-order valence-corrected chi connectivity index (χ2v) is 8.77. The van der Waals surface area contributed by atoms with Crippen LogP contribution in [0.2, 0.25) is 0 Å². The van der Waals surface area contributed by atoms with Gasteiger partial charge in [0, 0.05) is 17.6 Å². The summed E-state index contributed by atoms with van der Waals surface area (Å²) in [6.07, 6.45) is -2.00. The predicted molar refractivity (Wildman–Crippen MR) is 128 cm³/mol. The van der Waals surface area contributed by atoms with Crippen LogP contribution in [-0.2, 0) is 29.7 Å². The molecule has 0 unspecified atom stereocenters. The number of hydrogen-bond donors (Lipinski definition) is 1. The number of para-hydroxylation sites is 1. The molecule has 5 nitrogen and oxygen atoms in total. The Morgan fingerprint density at radius 2 is 1.91 bits per heavy atom. The van der Waals surface area contributed by atoms with Crippen molar-refractivity contribution in [1.29, 1.82) is 0 Å². The molecule has 2 heterocycles. The first kappa shape index (κ1) is 23.8. The number of carbonyl (C=O) groups excluding carboxylic acids is 1. The Hall–Kier alpha value is -3.33. The SMILES string of the molecule is CCc1cccc(C)c1NC(=O)Cn1c(SCc2cccc(C(F)(F)F)c2)nc2cccnc21. The van der Waals surface area contributed by atoms with E-state index in [1.807, 2.05) is 32.0 Å². The van der Waals surface area contributed by atoms with Crippen LogP contribution in [0.15, 0.2) is 66.0 Å². The summed E-state index contributed by atoms with van der Waals surface area (Å²) in [5.74, 6) is 0.0435. The van der Waals surface area contributed by atoms with Crippen molar-refractivity contribution in [2.75, 3.05) is 5.32 Å². The largest absolute Gasteiger partial charge is 0.416 e. The van der Waals surface area contributed by atoms with Gasteiger partial charge in [0.25, 0.3) is 0 Å². The first-order valence-electron chi connectivity index (χ1n) is 10.7. The molecule has 4 aromatic rings. The second kappa shape index (κ2) is 9.89. The predicted octanol–water partition coefficient (Wildman–Crippen LogP) is 6.25. The fourth-order valence-electron chi connectivity index (χ4n) is 3.70. The molecule has 0 aliphatic carbocycles. The number of anilines is 1. The molecule has 0 aliphatic rings. The van der Waals surface area contributed by atoms with E-state index in [1.165, 1.54) is 17.8 Å². The minimum absolute atomic E-state index is 0.0179.